The molecule has 0 aliphatic carbocycles. The molecule has 0 saturated heterocycles. The molecule has 0 aromatic heterocycles. The highest BCUT2D eigenvalue weighted by molar-refractivity contribution is 7.72. The second-order valence-electron chi connectivity index (χ2n) is 3.23. The third kappa shape index (κ3) is 3.09. The van der Waals surface area contributed by atoms with Crippen LogP contribution in [-0.4, -0.2) is 6.66 Å². The highest BCUT2D eigenvalue weighted by Crippen LogP contribution is 2.27. The average molecular weight is 234 g/mol. The lowest BCUT2D eigenvalue weighted by atomic mass is 10.4. The van der Waals surface area contributed by atoms with Crippen LogP contribution in [0.5, 0.6) is 0 Å². The summed E-state index contributed by atoms with van der Waals surface area (Å²) in [4.78, 5) is 0. The van der Waals surface area contributed by atoms with Gasteiger partial charge in [0.2, 0.25) is 0 Å². The monoisotopic (exact) mass is 234 g/mol. The molecule has 2 aromatic rings. The van der Waals surface area contributed by atoms with Gasteiger partial charge in [0.25, 0.3) is 0 Å². The van der Waals surface area contributed by atoms with Crippen molar-refractivity contribution in [1.82, 2.24) is 0 Å². The predicted molar refractivity (Wildman–Crippen MR) is 75.4 cm³/mol. The quantitative estimate of drug-likeness (QED) is 0.701. The van der Waals surface area contributed by atoms with Gasteiger partial charge in [-0.1, -0.05) is 60.7 Å². The zero-order valence-corrected chi connectivity index (χ0v) is 10.6. The van der Waals surface area contributed by atoms with Crippen LogP contribution in [0.3, 0.4) is 0 Å². The van der Waals surface area contributed by atoms with Crippen molar-refractivity contribution in [2.24, 2.45) is 0 Å². The predicted octanol–water partition coefficient (Wildman–Crippen LogP) is 2.86. The summed E-state index contributed by atoms with van der Waals surface area (Å²) in [5.74, 6) is 0. The third-order valence-corrected chi connectivity index (χ3v) is 4.43. The van der Waals surface area contributed by atoms with Crippen molar-refractivity contribution >= 4 is 32.0 Å². The Morgan fingerprint density at radius 2 is 1.00 bits per heavy atom. The third-order valence-electron chi connectivity index (χ3n) is 2.29. The molecule has 0 saturated carbocycles. The molecule has 0 bridgehead atoms. The minimum absolute atomic E-state index is 0. The molecule has 78 valence electrons. The second-order valence-corrected chi connectivity index (χ2v) is 5.38. The number of hydrogen-bond donors (Lipinski definition) is 0. The van der Waals surface area contributed by atoms with Crippen LogP contribution in [0.1, 0.15) is 0 Å². The first-order valence-electron chi connectivity index (χ1n) is 4.72. The van der Waals surface area contributed by atoms with Gasteiger partial charge in [-0.05, 0) is 25.2 Å². The van der Waals surface area contributed by atoms with E-state index in [0.29, 0.717) is 0 Å². The van der Waals surface area contributed by atoms with E-state index in [9.17, 15) is 0 Å². The number of benzene rings is 2. The van der Waals surface area contributed by atoms with Gasteiger partial charge in [-0.3, -0.25) is 0 Å². The summed E-state index contributed by atoms with van der Waals surface area (Å²) < 4.78 is 0. The molecule has 15 heavy (non-hydrogen) atoms. The van der Waals surface area contributed by atoms with Crippen LogP contribution in [0.15, 0.2) is 60.7 Å². The van der Waals surface area contributed by atoms with Gasteiger partial charge in [0.15, 0.2) is 0 Å². The molecule has 2 aromatic carbocycles. The Labute approximate surface area is 99.5 Å². The second kappa shape index (κ2) is 5.95. The summed E-state index contributed by atoms with van der Waals surface area (Å²) in [5, 5.41) is 2.88. The molecule has 0 amide bonds. The lowest BCUT2D eigenvalue weighted by Crippen LogP contribution is -2.09. The molecule has 0 nitrogen and oxygen atoms in total. The zero-order valence-electron chi connectivity index (χ0n) is 8.72. The van der Waals surface area contributed by atoms with Crippen LogP contribution in [0, 0.1) is 0 Å². The van der Waals surface area contributed by atoms with Crippen molar-refractivity contribution in [3.05, 3.63) is 60.7 Å². The van der Waals surface area contributed by atoms with E-state index < -0.39 is 0 Å². The van der Waals surface area contributed by atoms with Crippen LogP contribution in [0.25, 0.3) is 0 Å². The lowest BCUT2D eigenvalue weighted by molar-refractivity contribution is 1.75. The lowest BCUT2D eigenvalue weighted by Gasteiger charge is -2.12. The maximum Gasteiger partial charge on any atom is -0.0198 e. The van der Waals surface area contributed by atoms with Crippen molar-refractivity contribution in [2.45, 2.75) is 0 Å². The van der Waals surface area contributed by atoms with Crippen molar-refractivity contribution < 1.29 is 0 Å². The standard InChI is InChI=1S/C13H13P.H2S/c1-14(12-8-4-2-5-9-12)13-10-6-3-7-11-13;/h2-11H,1H3;1H2. The molecule has 2 rings (SSSR count). The van der Waals surface area contributed by atoms with E-state index in [1.54, 1.807) is 0 Å². The fourth-order valence-electron chi connectivity index (χ4n) is 1.45. The Balaban J connectivity index is 0.00000112. The van der Waals surface area contributed by atoms with Gasteiger partial charge < -0.3 is 0 Å². The van der Waals surface area contributed by atoms with E-state index in [1.165, 1.54) is 10.6 Å². The summed E-state index contributed by atoms with van der Waals surface area (Å²) in [5.41, 5.74) is 0. The molecular formula is C13H15PS. The van der Waals surface area contributed by atoms with E-state index in [0.717, 1.165) is 0 Å². The van der Waals surface area contributed by atoms with Crippen LogP contribution >= 0.6 is 21.4 Å². The first-order chi connectivity index (χ1) is 6.88. The molecule has 2 heteroatoms. The Morgan fingerprint density at radius 1 is 0.667 bits per heavy atom. The van der Waals surface area contributed by atoms with Crippen molar-refractivity contribution in [1.29, 1.82) is 0 Å². The van der Waals surface area contributed by atoms with Crippen molar-refractivity contribution in [2.75, 3.05) is 6.66 Å². The Morgan fingerprint density at radius 3 is 1.33 bits per heavy atom. The molecule has 0 spiro atoms. The molecular weight excluding hydrogens is 219 g/mol. The van der Waals surface area contributed by atoms with Gasteiger partial charge in [-0.15, -0.1) is 0 Å². The number of rotatable bonds is 2. The maximum atomic E-state index is 2.31. The molecule has 0 N–H and O–H groups in total. The molecule has 0 aliphatic heterocycles. The molecule has 0 aliphatic rings. The number of hydrogen-bond acceptors (Lipinski definition) is 0. The minimum Gasteiger partial charge on any atom is -0.197 e. The molecule has 0 radical (unpaired) electrons. The van der Waals surface area contributed by atoms with Crippen LogP contribution in [0.2, 0.25) is 0 Å². The van der Waals surface area contributed by atoms with E-state index in [2.05, 4.69) is 67.3 Å². The van der Waals surface area contributed by atoms with E-state index in [4.69, 9.17) is 0 Å². The summed E-state index contributed by atoms with van der Waals surface area (Å²) >= 11 is 0. The van der Waals surface area contributed by atoms with E-state index in [1.807, 2.05) is 0 Å². The van der Waals surface area contributed by atoms with Gasteiger partial charge in [-0.25, -0.2) is 0 Å². The summed E-state index contributed by atoms with van der Waals surface area (Å²) in [6, 6.07) is 21.4. The minimum atomic E-state index is -0.171. The molecule has 0 fully saturated rings. The summed E-state index contributed by atoms with van der Waals surface area (Å²) in [6.45, 7) is 2.31. The van der Waals surface area contributed by atoms with Gasteiger partial charge in [0.05, 0.1) is 0 Å². The fourth-order valence-corrected chi connectivity index (χ4v) is 2.99. The van der Waals surface area contributed by atoms with E-state index >= 15 is 0 Å². The Kier molecular flexibility index (Phi) is 4.87. The largest absolute Gasteiger partial charge is 0.197 e. The van der Waals surface area contributed by atoms with Crippen LogP contribution in [0.4, 0.5) is 0 Å². The fraction of sp³-hybridized carbons (Fsp3) is 0.0769. The normalized spacial score (nSPS) is 9.73. The van der Waals surface area contributed by atoms with Crippen molar-refractivity contribution in [3.8, 4) is 0 Å². The Bertz CT molecular complexity index is 346. The van der Waals surface area contributed by atoms with Gasteiger partial charge in [-0.2, -0.15) is 13.5 Å². The topological polar surface area (TPSA) is 0 Å². The summed E-state index contributed by atoms with van der Waals surface area (Å²) in [6.07, 6.45) is 0. The highest BCUT2D eigenvalue weighted by Gasteiger charge is 2.05. The van der Waals surface area contributed by atoms with Crippen LogP contribution < -0.4 is 10.6 Å². The zero-order chi connectivity index (χ0) is 9.80. The van der Waals surface area contributed by atoms with Gasteiger partial charge in [0, 0.05) is 0 Å². The average Bonchev–Trinajstić information content (AvgIpc) is 2.30. The first-order valence-corrected chi connectivity index (χ1v) is 6.50. The smallest absolute Gasteiger partial charge is 0.0198 e. The Hall–Kier alpha value is -0.780. The molecule has 0 heterocycles. The summed E-state index contributed by atoms with van der Waals surface area (Å²) in [7, 11) is -0.171. The van der Waals surface area contributed by atoms with Gasteiger partial charge in [0.1, 0.15) is 0 Å². The van der Waals surface area contributed by atoms with Crippen LogP contribution in [-0.2, 0) is 0 Å². The molecule has 0 atom stereocenters. The van der Waals surface area contributed by atoms with Crippen molar-refractivity contribution in [3.63, 3.8) is 0 Å². The van der Waals surface area contributed by atoms with E-state index in [-0.39, 0.29) is 21.4 Å². The van der Waals surface area contributed by atoms with Gasteiger partial charge >= 0.3 is 0 Å². The molecule has 0 unspecified atom stereocenters. The maximum absolute atomic E-state index is 2.31. The highest BCUT2D eigenvalue weighted by atomic mass is 32.1. The first kappa shape index (κ1) is 12.3. The SMILES string of the molecule is CP(c1ccccc1)c1ccccc1.S.